The summed E-state index contributed by atoms with van der Waals surface area (Å²) < 4.78 is 26.8. The van der Waals surface area contributed by atoms with Crippen LogP contribution in [-0.4, -0.2) is 55.9 Å². The molecule has 2 heterocycles. The van der Waals surface area contributed by atoms with Crippen molar-refractivity contribution in [2.45, 2.75) is 42.7 Å². The van der Waals surface area contributed by atoms with Crippen LogP contribution in [0, 0.1) is 10.1 Å². The predicted octanol–water partition coefficient (Wildman–Crippen LogP) is 1.04. The van der Waals surface area contributed by atoms with Gasteiger partial charge in [-0.05, 0) is 31.4 Å². The van der Waals surface area contributed by atoms with Crippen molar-refractivity contribution < 1.29 is 18.1 Å². The van der Waals surface area contributed by atoms with Gasteiger partial charge in [0.15, 0.2) is 0 Å². The Bertz CT molecular complexity index is 787. The second-order valence-electron chi connectivity index (χ2n) is 6.67. The van der Waals surface area contributed by atoms with Gasteiger partial charge in [0, 0.05) is 50.3 Å². The van der Waals surface area contributed by atoms with E-state index in [9.17, 15) is 23.3 Å². The lowest BCUT2D eigenvalue weighted by molar-refractivity contribution is -0.384. The number of hydrogen-bond donors (Lipinski definition) is 2. The van der Waals surface area contributed by atoms with Gasteiger partial charge in [0.2, 0.25) is 15.9 Å². The third-order valence-corrected chi connectivity index (χ3v) is 6.34. The molecule has 0 aliphatic carbocycles. The van der Waals surface area contributed by atoms with Crippen LogP contribution in [0.1, 0.15) is 25.7 Å². The van der Waals surface area contributed by atoms with Gasteiger partial charge in [0.1, 0.15) is 0 Å². The number of carbonyl (C=O) groups is 1. The van der Waals surface area contributed by atoms with E-state index in [0.29, 0.717) is 25.2 Å². The lowest BCUT2D eigenvalue weighted by atomic mass is 10.1. The number of hydrogen-bond acceptors (Lipinski definition) is 6. The normalized spacial score (nSPS) is 22.0. The number of halogens is 1. The van der Waals surface area contributed by atoms with E-state index in [1.54, 1.807) is 4.90 Å². The number of likely N-dealkylation sites (tertiary alicyclic amines) is 1. The summed E-state index contributed by atoms with van der Waals surface area (Å²) in [6.07, 6.45) is 3.24. The monoisotopic (exact) mass is 418 g/mol. The number of nitrogens with zero attached hydrogens (tertiary/aromatic N) is 2. The third-order valence-electron chi connectivity index (χ3n) is 4.86. The molecule has 0 spiro atoms. The van der Waals surface area contributed by atoms with Crippen molar-refractivity contribution in [2.75, 3.05) is 19.6 Å². The number of nitro groups is 1. The van der Waals surface area contributed by atoms with Crippen molar-refractivity contribution in [2.24, 2.45) is 0 Å². The molecule has 2 unspecified atom stereocenters. The molecule has 2 aliphatic rings. The highest BCUT2D eigenvalue weighted by Crippen LogP contribution is 2.21. The van der Waals surface area contributed by atoms with Gasteiger partial charge in [-0.3, -0.25) is 14.9 Å². The van der Waals surface area contributed by atoms with Crippen LogP contribution >= 0.6 is 12.4 Å². The molecular formula is C16H23ClN4O5S. The maximum atomic E-state index is 12.4. The highest BCUT2D eigenvalue weighted by molar-refractivity contribution is 7.89. The number of amides is 1. The number of nitrogens with one attached hydrogen (secondary N) is 2. The summed E-state index contributed by atoms with van der Waals surface area (Å²) in [5.41, 5.74) is -0.178. The van der Waals surface area contributed by atoms with Gasteiger partial charge in [-0.15, -0.1) is 12.4 Å². The molecule has 11 heteroatoms. The van der Waals surface area contributed by atoms with Crippen LogP contribution in [0.25, 0.3) is 0 Å². The fraction of sp³-hybridized carbons (Fsp3) is 0.562. The van der Waals surface area contributed by atoms with Crippen molar-refractivity contribution in [1.29, 1.82) is 0 Å². The van der Waals surface area contributed by atoms with Gasteiger partial charge in [0.25, 0.3) is 5.69 Å². The van der Waals surface area contributed by atoms with Crippen LogP contribution in [-0.2, 0) is 14.8 Å². The summed E-state index contributed by atoms with van der Waals surface area (Å²) in [4.78, 5) is 24.1. The van der Waals surface area contributed by atoms with Gasteiger partial charge in [-0.1, -0.05) is 0 Å². The van der Waals surface area contributed by atoms with E-state index in [1.807, 2.05) is 0 Å². The summed E-state index contributed by atoms with van der Waals surface area (Å²) in [6, 6.07) is 5.46. The van der Waals surface area contributed by atoms with E-state index in [1.165, 1.54) is 12.1 Å². The average molecular weight is 419 g/mol. The van der Waals surface area contributed by atoms with E-state index in [4.69, 9.17) is 0 Å². The summed E-state index contributed by atoms with van der Waals surface area (Å²) in [5, 5.41) is 14.1. The molecule has 2 fully saturated rings. The summed E-state index contributed by atoms with van der Waals surface area (Å²) in [6.45, 7) is 1.36. The maximum absolute atomic E-state index is 12.4. The lowest BCUT2D eigenvalue weighted by Crippen LogP contribution is -2.40. The average Bonchev–Trinajstić information content (AvgIpc) is 2.93. The molecule has 2 saturated heterocycles. The standard InChI is InChI=1S/C16H22N4O5S.ClH/c21-16(19-10-8-12-1-2-13(11-19)18-12)7-9-17-26(24,25)15-5-3-14(4-6-15)20(22)23;/h3-6,12-13,17-18H,1-2,7-11H2;1H. The molecule has 1 aromatic rings. The number of nitro benzene ring substituents is 1. The number of rotatable bonds is 6. The van der Waals surface area contributed by atoms with E-state index in [-0.39, 0.29) is 41.9 Å². The second-order valence-corrected chi connectivity index (χ2v) is 8.43. The molecule has 9 nitrogen and oxygen atoms in total. The Hall–Kier alpha value is -1.75. The number of benzene rings is 1. The number of sulfonamides is 1. The van der Waals surface area contributed by atoms with Crippen LogP contribution in [0.15, 0.2) is 29.2 Å². The quantitative estimate of drug-likeness (QED) is 0.525. The van der Waals surface area contributed by atoms with E-state index >= 15 is 0 Å². The molecule has 2 atom stereocenters. The fourth-order valence-corrected chi connectivity index (χ4v) is 4.48. The van der Waals surface area contributed by atoms with Crippen LogP contribution in [0.3, 0.4) is 0 Å². The molecule has 0 radical (unpaired) electrons. The van der Waals surface area contributed by atoms with Crippen molar-refractivity contribution in [3.63, 3.8) is 0 Å². The van der Waals surface area contributed by atoms with Crippen molar-refractivity contribution in [1.82, 2.24) is 14.9 Å². The first-order chi connectivity index (χ1) is 12.3. The second kappa shape index (κ2) is 8.96. The Labute approximate surface area is 164 Å². The molecule has 1 amide bonds. The summed E-state index contributed by atoms with van der Waals surface area (Å²) in [5.74, 6) is -0.0641. The summed E-state index contributed by atoms with van der Waals surface area (Å²) in [7, 11) is -3.80. The van der Waals surface area contributed by atoms with Gasteiger partial charge >= 0.3 is 0 Å². The predicted molar refractivity (Wildman–Crippen MR) is 101 cm³/mol. The molecular weight excluding hydrogens is 396 g/mol. The van der Waals surface area contributed by atoms with Gasteiger partial charge in [-0.25, -0.2) is 13.1 Å². The molecule has 0 saturated carbocycles. The van der Waals surface area contributed by atoms with E-state index in [2.05, 4.69) is 10.0 Å². The molecule has 27 heavy (non-hydrogen) atoms. The fourth-order valence-electron chi connectivity index (χ4n) is 3.45. The SMILES string of the molecule is Cl.O=C(CCNS(=O)(=O)c1ccc([N+](=O)[O-])cc1)N1CCC2CCC(C1)N2. The zero-order chi connectivity index (χ0) is 18.7. The van der Waals surface area contributed by atoms with Crippen molar-refractivity contribution in [3.8, 4) is 0 Å². The molecule has 3 rings (SSSR count). The van der Waals surface area contributed by atoms with Crippen molar-refractivity contribution >= 4 is 34.0 Å². The molecule has 0 aromatic heterocycles. The first kappa shape index (κ1) is 21.5. The van der Waals surface area contributed by atoms with Crippen LogP contribution < -0.4 is 10.0 Å². The first-order valence-corrected chi connectivity index (χ1v) is 10.1. The van der Waals surface area contributed by atoms with Gasteiger partial charge < -0.3 is 10.2 Å². The zero-order valence-electron chi connectivity index (χ0n) is 14.7. The molecule has 2 bridgehead atoms. The Kier molecular flexibility index (Phi) is 7.15. The lowest BCUT2D eigenvalue weighted by Gasteiger charge is -2.24. The number of non-ortho nitro benzene ring substituents is 1. The zero-order valence-corrected chi connectivity index (χ0v) is 16.3. The number of carbonyl (C=O) groups excluding carboxylic acids is 1. The van der Waals surface area contributed by atoms with Crippen molar-refractivity contribution in [3.05, 3.63) is 34.4 Å². The Morgan fingerprint density at radius 3 is 2.56 bits per heavy atom. The van der Waals surface area contributed by atoms with E-state index < -0.39 is 14.9 Å². The minimum Gasteiger partial charge on any atom is -0.341 e. The highest BCUT2D eigenvalue weighted by atomic mass is 35.5. The summed E-state index contributed by atoms with van der Waals surface area (Å²) >= 11 is 0. The maximum Gasteiger partial charge on any atom is 0.269 e. The smallest absolute Gasteiger partial charge is 0.269 e. The Morgan fingerprint density at radius 2 is 1.89 bits per heavy atom. The van der Waals surface area contributed by atoms with Crippen LogP contribution in [0.2, 0.25) is 0 Å². The largest absolute Gasteiger partial charge is 0.341 e. The molecule has 2 aliphatic heterocycles. The minimum absolute atomic E-state index is 0. The van der Waals surface area contributed by atoms with E-state index in [0.717, 1.165) is 31.4 Å². The van der Waals surface area contributed by atoms with Gasteiger partial charge in [0.05, 0.1) is 9.82 Å². The molecule has 2 N–H and O–H groups in total. The minimum atomic E-state index is -3.80. The first-order valence-electron chi connectivity index (χ1n) is 8.63. The Morgan fingerprint density at radius 1 is 1.22 bits per heavy atom. The Balaban J connectivity index is 0.00000261. The number of fused-ring (bicyclic) bond motifs is 2. The highest BCUT2D eigenvalue weighted by Gasteiger charge is 2.31. The third kappa shape index (κ3) is 5.38. The van der Waals surface area contributed by atoms with Crippen LogP contribution in [0.4, 0.5) is 5.69 Å². The topological polar surface area (TPSA) is 122 Å². The van der Waals surface area contributed by atoms with Crippen LogP contribution in [0.5, 0.6) is 0 Å². The van der Waals surface area contributed by atoms with Gasteiger partial charge in [-0.2, -0.15) is 0 Å². The molecule has 150 valence electrons. The molecule has 1 aromatic carbocycles.